The lowest BCUT2D eigenvalue weighted by atomic mass is 10.1. The Kier molecular flexibility index (Phi) is 2.86. The van der Waals surface area contributed by atoms with E-state index in [0.29, 0.717) is 28.7 Å². The highest BCUT2D eigenvalue weighted by atomic mass is 16.5. The fraction of sp³-hybridized carbons (Fsp3) is 0.154. The van der Waals surface area contributed by atoms with E-state index in [2.05, 4.69) is 15.2 Å². The first-order valence-corrected chi connectivity index (χ1v) is 5.94. The predicted octanol–water partition coefficient (Wildman–Crippen LogP) is 1.73. The minimum atomic E-state index is 0.347. The molecule has 0 saturated carbocycles. The third kappa shape index (κ3) is 2.09. The normalized spacial score (nSPS) is 10.7. The van der Waals surface area contributed by atoms with Gasteiger partial charge in [-0.3, -0.25) is 4.68 Å². The van der Waals surface area contributed by atoms with Gasteiger partial charge in [0.2, 0.25) is 5.82 Å². The molecule has 0 aliphatic carbocycles. The highest BCUT2D eigenvalue weighted by Crippen LogP contribution is 2.29. The number of nitrogens with zero attached hydrogens (tertiary/aromatic N) is 4. The van der Waals surface area contributed by atoms with E-state index in [-0.39, 0.29) is 0 Å². The molecule has 7 heteroatoms. The molecule has 0 atom stereocenters. The Morgan fingerprint density at radius 1 is 1.35 bits per heavy atom. The molecule has 0 unspecified atom stereocenters. The molecule has 0 spiro atoms. The molecule has 0 aliphatic rings. The molecule has 0 aliphatic heterocycles. The van der Waals surface area contributed by atoms with Crippen LogP contribution in [0.4, 0.5) is 5.69 Å². The lowest BCUT2D eigenvalue weighted by molar-refractivity contribution is 0.413. The van der Waals surface area contributed by atoms with Gasteiger partial charge in [0.05, 0.1) is 24.4 Å². The molecule has 2 N–H and O–H groups in total. The predicted molar refractivity (Wildman–Crippen MR) is 72.9 cm³/mol. The van der Waals surface area contributed by atoms with Gasteiger partial charge in [-0.05, 0) is 18.2 Å². The highest BCUT2D eigenvalue weighted by Gasteiger charge is 2.14. The third-order valence-corrected chi connectivity index (χ3v) is 2.88. The molecule has 20 heavy (non-hydrogen) atoms. The number of ether oxygens (including phenoxy) is 1. The van der Waals surface area contributed by atoms with Crippen molar-refractivity contribution in [2.75, 3.05) is 12.8 Å². The van der Waals surface area contributed by atoms with Gasteiger partial charge in [0, 0.05) is 18.9 Å². The van der Waals surface area contributed by atoms with E-state index in [1.807, 2.05) is 13.2 Å². The number of nitrogen functional groups attached to an aromatic ring is 1. The quantitative estimate of drug-likeness (QED) is 0.729. The molecule has 0 radical (unpaired) electrons. The van der Waals surface area contributed by atoms with Crippen molar-refractivity contribution in [3.05, 3.63) is 30.6 Å². The fourth-order valence-corrected chi connectivity index (χ4v) is 1.83. The van der Waals surface area contributed by atoms with Crippen LogP contribution in [-0.4, -0.2) is 27.0 Å². The zero-order valence-corrected chi connectivity index (χ0v) is 11.1. The van der Waals surface area contributed by atoms with Crippen LogP contribution in [0.5, 0.6) is 5.75 Å². The molecule has 0 fully saturated rings. The summed E-state index contributed by atoms with van der Waals surface area (Å²) in [6, 6.07) is 5.27. The Morgan fingerprint density at radius 3 is 2.90 bits per heavy atom. The Labute approximate surface area is 115 Å². The van der Waals surface area contributed by atoms with Crippen LogP contribution in [0.1, 0.15) is 0 Å². The van der Waals surface area contributed by atoms with Gasteiger partial charge in [-0.1, -0.05) is 5.16 Å². The SMILES string of the molecule is COc1ccc(N)c(-c2nc(-c3cnn(C)c3)no2)c1. The van der Waals surface area contributed by atoms with Crippen molar-refractivity contribution in [3.8, 4) is 28.6 Å². The number of hydrogen-bond donors (Lipinski definition) is 1. The minimum Gasteiger partial charge on any atom is -0.497 e. The van der Waals surface area contributed by atoms with E-state index in [1.54, 1.807) is 36.2 Å². The maximum atomic E-state index is 5.93. The van der Waals surface area contributed by atoms with Gasteiger partial charge in [0.25, 0.3) is 5.89 Å². The third-order valence-electron chi connectivity index (χ3n) is 2.88. The summed E-state index contributed by atoms with van der Waals surface area (Å²) < 4.78 is 12.1. The summed E-state index contributed by atoms with van der Waals surface area (Å²) in [5, 5.41) is 8.01. The van der Waals surface area contributed by atoms with E-state index < -0.39 is 0 Å². The van der Waals surface area contributed by atoms with Gasteiger partial charge in [0.15, 0.2) is 0 Å². The summed E-state index contributed by atoms with van der Waals surface area (Å²) in [6.07, 6.45) is 3.48. The molecule has 0 amide bonds. The van der Waals surface area contributed by atoms with Crippen molar-refractivity contribution < 1.29 is 9.26 Å². The number of aryl methyl sites for hydroxylation is 1. The van der Waals surface area contributed by atoms with Gasteiger partial charge >= 0.3 is 0 Å². The second-order valence-corrected chi connectivity index (χ2v) is 4.28. The van der Waals surface area contributed by atoms with Crippen LogP contribution in [0.15, 0.2) is 35.1 Å². The Morgan fingerprint density at radius 2 is 2.20 bits per heavy atom. The number of aromatic nitrogens is 4. The van der Waals surface area contributed by atoms with Gasteiger partial charge in [-0.15, -0.1) is 0 Å². The smallest absolute Gasteiger partial charge is 0.260 e. The second-order valence-electron chi connectivity index (χ2n) is 4.28. The van der Waals surface area contributed by atoms with Gasteiger partial charge in [-0.25, -0.2) is 0 Å². The van der Waals surface area contributed by atoms with Crippen LogP contribution in [0.25, 0.3) is 22.8 Å². The fourth-order valence-electron chi connectivity index (χ4n) is 1.83. The minimum absolute atomic E-state index is 0.347. The van der Waals surface area contributed by atoms with Crippen molar-refractivity contribution in [1.82, 2.24) is 19.9 Å². The molecule has 0 bridgehead atoms. The first-order valence-electron chi connectivity index (χ1n) is 5.94. The van der Waals surface area contributed by atoms with Gasteiger partial charge in [0.1, 0.15) is 5.75 Å². The van der Waals surface area contributed by atoms with E-state index in [4.69, 9.17) is 15.0 Å². The van der Waals surface area contributed by atoms with Gasteiger partial charge < -0.3 is 15.0 Å². The van der Waals surface area contributed by atoms with E-state index >= 15 is 0 Å². The monoisotopic (exact) mass is 271 g/mol. The standard InChI is InChI=1S/C13H13N5O2/c1-18-7-8(6-15-18)12-16-13(20-17-12)10-5-9(19-2)3-4-11(10)14/h3-7H,14H2,1-2H3. The Balaban J connectivity index is 2.01. The Hall–Kier alpha value is -2.83. The largest absolute Gasteiger partial charge is 0.497 e. The van der Waals surface area contributed by atoms with Crippen LogP contribution in [0.2, 0.25) is 0 Å². The van der Waals surface area contributed by atoms with Crippen molar-refractivity contribution >= 4 is 5.69 Å². The zero-order valence-electron chi connectivity index (χ0n) is 11.1. The van der Waals surface area contributed by atoms with Crippen molar-refractivity contribution in [3.63, 3.8) is 0 Å². The maximum Gasteiger partial charge on any atom is 0.260 e. The van der Waals surface area contributed by atoms with Crippen molar-refractivity contribution in [2.24, 2.45) is 7.05 Å². The average Bonchev–Trinajstić information content (AvgIpc) is 3.08. The number of hydrogen-bond acceptors (Lipinski definition) is 6. The molecule has 3 aromatic rings. The number of rotatable bonds is 3. The van der Waals surface area contributed by atoms with E-state index in [9.17, 15) is 0 Å². The molecular formula is C13H13N5O2. The molecule has 7 nitrogen and oxygen atoms in total. The number of nitrogens with two attached hydrogens (primary N) is 1. The summed E-state index contributed by atoms with van der Waals surface area (Å²) in [4.78, 5) is 4.33. The molecular weight excluding hydrogens is 258 g/mol. The van der Waals surface area contributed by atoms with Crippen molar-refractivity contribution in [1.29, 1.82) is 0 Å². The van der Waals surface area contributed by atoms with E-state index in [0.717, 1.165) is 5.56 Å². The lowest BCUT2D eigenvalue weighted by Crippen LogP contribution is -1.92. The van der Waals surface area contributed by atoms with Crippen LogP contribution < -0.4 is 10.5 Å². The van der Waals surface area contributed by atoms with Crippen LogP contribution in [0, 0.1) is 0 Å². The second kappa shape index (κ2) is 4.69. The highest BCUT2D eigenvalue weighted by molar-refractivity contribution is 5.73. The number of benzene rings is 1. The van der Waals surface area contributed by atoms with Crippen LogP contribution >= 0.6 is 0 Å². The summed E-state index contributed by atoms with van der Waals surface area (Å²) in [5.74, 6) is 1.49. The molecule has 2 heterocycles. The Bertz CT molecular complexity index is 747. The lowest BCUT2D eigenvalue weighted by Gasteiger charge is -2.03. The summed E-state index contributed by atoms with van der Waals surface area (Å²) in [7, 11) is 3.41. The number of anilines is 1. The summed E-state index contributed by atoms with van der Waals surface area (Å²) >= 11 is 0. The van der Waals surface area contributed by atoms with Gasteiger partial charge in [-0.2, -0.15) is 10.1 Å². The molecule has 102 valence electrons. The maximum absolute atomic E-state index is 5.93. The molecule has 1 aromatic carbocycles. The first-order chi connectivity index (χ1) is 9.67. The zero-order chi connectivity index (χ0) is 14.1. The van der Waals surface area contributed by atoms with Crippen LogP contribution in [0.3, 0.4) is 0 Å². The topological polar surface area (TPSA) is 92.0 Å². The van der Waals surface area contributed by atoms with Crippen molar-refractivity contribution in [2.45, 2.75) is 0 Å². The molecule has 0 saturated heterocycles. The molecule has 2 aromatic heterocycles. The average molecular weight is 271 g/mol. The summed E-state index contributed by atoms with van der Waals surface area (Å²) in [5.41, 5.74) is 7.90. The number of methoxy groups -OCH3 is 1. The first kappa shape index (κ1) is 12.2. The molecule has 3 rings (SSSR count). The summed E-state index contributed by atoms with van der Waals surface area (Å²) in [6.45, 7) is 0. The van der Waals surface area contributed by atoms with E-state index in [1.165, 1.54) is 0 Å². The van der Waals surface area contributed by atoms with Crippen LogP contribution in [-0.2, 0) is 7.05 Å².